The highest BCUT2D eigenvalue weighted by Gasteiger charge is 1.99. The molecule has 0 aliphatic carbocycles. The Labute approximate surface area is 67.0 Å². The molecule has 62 valence electrons. The number of allylic oxidation sites excluding steroid dienone is 1. The molecule has 0 aromatic carbocycles. The third kappa shape index (κ3) is 4.19. The van der Waals surface area contributed by atoms with E-state index in [0.29, 0.717) is 6.54 Å². The van der Waals surface area contributed by atoms with Gasteiger partial charge < -0.3 is 11.1 Å². The van der Waals surface area contributed by atoms with E-state index in [0.717, 1.165) is 5.57 Å². The number of carbonyl (C=O) groups excluding carboxylic acids is 1. The maximum Gasteiger partial charge on any atom is 0.266 e. The van der Waals surface area contributed by atoms with Crippen molar-refractivity contribution in [2.24, 2.45) is 5.73 Å². The van der Waals surface area contributed by atoms with Crippen molar-refractivity contribution in [1.29, 1.82) is 0 Å². The van der Waals surface area contributed by atoms with E-state index < -0.39 is 0 Å². The molecule has 1 amide bonds. The average molecular weight is 154 g/mol. The van der Waals surface area contributed by atoms with Gasteiger partial charge in [-0.1, -0.05) is 18.2 Å². The lowest BCUT2D eigenvalue weighted by Crippen LogP contribution is -2.29. The maximum absolute atomic E-state index is 10.8. The molecule has 0 rings (SSSR count). The summed E-state index contributed by atoms with van der Waals surface area (Å²) < 4.78 is 0. The molecule has 0 bridgehead atoms. The Kier molecular flexibility index (Phi) is 4.03. The van der Waals surface area contributed by atoms with Crippen molar-refractivity contribution in [3.63, 3.8) is 0 Å². The molecule has 0 radical (unpaired) electrons. The number of hydrogen-bond acceptors (Lipinski definition) is 2. The fraction of sp³-hybridized carbons (Fsp3) is 0.375. The van der Waals surface area contributed by atoms with E-state index in [2.05, 4.69) is 11.9 Å². The molecule has 0 heterocycles. The number of nitrogens with one attached hydrogen (secondary N) is 1. The molecule has 0 saturated heterocycles. The molecule has 3 N–H and O–H groups in total. The molecule has 0 aliphatic heterocycles. The van der Waals surface area contributed by atoms with Crippen LogP contribution in [-0.4, -0.2) is 12.5 Å². The van der Waals surface area contributed by atoms with Crippen LogP contribution in [0.15, 0.2) is 23.9 Å². The quantitative estimate of drug-likeness (QED) is 0.460. The predicted molar refractivity (Wildman–Crippen MR) is 45.8 cm³/mol. The van der Waals surface area contributed by atoms with E-state index in [9.17, 15) is 4.79 Å². The van der Waals surface area contributed by atoms with Crippen molar-refractivity contribution in [3.8, 4) is 0 Å². The monoisotopic (exact) mass is 154 g/mol. The molecule has 11 heavy (non-hydrogen) atoms. The van der Waals surface area contributed by atoms with Crippen LogP contribution in [0.1, 0.15) is 13.8 Å². The molecular weight excluding hydrogens is 140 g/mol. The van der Waals surface area contributed by atoms with Crippen LogP contribution in [-0.2, 0) is 4.79 Å². The minimum absolute atomic E-state index is 0.0499. The normalized spacial score (nSPS) is 10.9. The highest BCUT2D eigenvalue weighted by molar-refractivity contribution is 5.91. The Morgan fingerprint density at radius 1 is 1.73 bits per heavy atom. The van der Waals surface area contributed by atoms with Gasteiger partial charge in [-0.15, -0.1) is 0 Å². The largest absolute Gasteiger partial charge is 0.395 e. The summed E-state index contributed by atoms with van der Waals surface area (Å²) in [6, 6.07) is 0. The molecule has 0 aromatic rings. The van der Waals surface area contributed by atoms with Crippen LogP contribution in [0, 0.1) is 0 Å². The first-order valence-electron chi connectivity index (χ1n) is 3.42. The highest BCUT2D eigenvalue weighted by atomic mass is 16.1. The van der Waals surface area contributed by atoms with E-state index in [-0.39, 0.29) is 11.6 Å². The van der Waals surface area contributed by atoms with E-state index in [1.165, 1.54) is 0 Å². The first-order chi connectivity index (χ1) is 5.07. The Morgan fingerprint density at radius 2 is 2.27 bits per heavy atom. The third-order valence-electron chi connectivity index (χ3n) is 1.31. The smallest absolute Gasteiger partial charge is 0.266 e. The van der Waals surface area contributed by atoms with Crippen molar-refractivity contribution < 1.29 is 4.79 Å². The summed E-state index contributed by atoms with van der Waals surface area (Å²) in [5.41, 5.74) is 6.28. The van der Waals surface area contributed by atoms with Gasteiger partial charge >= 0.3 is 0 Å². The van der Waals surface area contributed by atoms with Crippen LogP contribution >= 0.6 is 0 Å². The summed E-state index contributed by atoms with van der Waals surface area (Å²) in [4.78, 5) is 10.8. The molecule has 3 nitrogen and oxygen atoms in total. The van der Waals surface area contributed by atoms with Crippen LogP contribution in [0.25, 0.3) is 0 Å². The SMILES string of the molecule is C=C(N)C(=O)NC/C(C)=C/C. The summed E-state index contributed by atoms with van der Waals surface area (Å²) in [5, 5.41) is 2.60. The fourth-order valence-electron chi connectivity index (χ4n) is 0.435. The Hall–Kier alpha value is -1.25. The molecule has 0 saturated carbocycles. The minimum Gasteiger partial charge on any atom is -0.395 e. The van der Waals surface area contributed by atoms with Gasteiger partial charge in [-0.25, -0.2) is 0 Å². The Bertz CT molecular complexity index is 194. The zero-order valence-corrected chi connectivity index (χ0v) is 6.98. The van der Waals surface area contributed by atoms with Crippen molar-refractivity contribution >= 4 is 5.91 Å². The van der Waals surface area contributed by atoms with Crippen LogP contribution in [0.4, 0.5) is 0 Å². The zero-order valence-electron chi connectivity index (χ0n) is 6.98. The van der Waals surface area contributed by atoms with Crippen LogP contribution in [0.3, 0.4) is 0 Å². The molecule has 0 aliphatic rings. The number of nitrogens with two attached hydrogens (primary N) is 1. The summed E-state index contributed by atoms with van der Waals surface area (Å²) in [6.07, 6.45) is 1.93. The summed E-state index contributed by atoms with van der Waals surface area (Å²) >= 11 is 0. The molecular formula is C8H14N2O. The summed E-state index contributed by atoms with van der Waals surface area (Å²) in [7, 11) is 0. The highest BCUT2D eigenvalue weighted by Crippen LogP contribution is 1.88. The van der Waals surface area contributed by atoms with E-state index >= 15 is 0 Å². The second-order valence-corrected chi connectivity index (χ2v) is 2.34. The van der Waals surface area contributed by atoms with Gasteiger partial charge in [-0.05, 0) is 13.8 Å². The molecule has 0 fully saturated rings. The van der Waals surface area contributed by atoms with Gasteiger partial charge in [-0.3, -0.25) is 4.79 Å². The van der Waals surface area contributed by atoms with Crippen molar-refractivity contribution in [2.75, 3.05) is 6.54 Å². The average Bonchev–Trinajstić information content (AvgIpc) is 1.99. The van der Waals surface area contributed by atoms with Gasteiger partial charge in [0.25, 0.3) is 5.91 Å². The van der Waals surface area contributed by atoms with Crippen LogP contribution in [0.5, 0.6) is 0 Å². The number of hydrogen-bond donors (Lipinski definition) is 2. The van der Waals surface area contributed by atoms with E-state index in [1.807, 2.05) is 19.9 Å². The van der Waals surface area contributed by atoms with E-state index in [1.54, 1.807) is 0 Å². The molecule has 0 unspecified atom stereocenters. The standard InChI is InChI=1S/C8H14N2O/c1-4-6(2)5-10-8(11)7(3)9/h4H,3,5,9H2,1-2H3,(H,10,11)/b6-4+. The predicted octanol–water partition coefficient (Wildman–Crippen LogP) is 0.541. The first kappa shape index (κ1) is 9.75. The third-order valence-corrected chi connectivity index (χ3v) is 1.31. The van der Waals surface area contributed by atoms with Gasteiger partial charge in [0.2, 0.25) is 0 Å². The Balaban J connectivity index is 3.72. The van der Waals surface area contributed by atoms with Gasteiger partial charge in [0.1, 0.15) is 0 Å². The van der Waals surface area contributed by atoms with Gasteiger partial charge in [0.05, 0.1) is 5.70 Å². The summed E-state index contributed by atoms with van der Waals surface area (Å²) in [5.74, 6) is -0.300. The molecule has 0 aromatic heterocycles. The molecule has 3 heteroatoms. The maximum atomic E-state index is 10.8. The van der Waals surface area contributed by atoms with Gasteiger partial charge in [0.15, 0.2) is 0 Å². The second kappa shape index (κ2) is 4.55. The number of rotatable bonds is 3. The lowest BCUT2D eigenvalue weighted by molar-refractivity contribution is -0.117. The summed E-state index contributed by atoms with van der Waals surface area (Å²) in [6.45, 7) is 7.68. The lowest BCUT2D eigenvalue weighted by atomic mass is 10.3. The molecule has 0 atom stereocenters. The lowest BCUT2D eigenvalue weighted by Gasteiger charge is -2.03. The Morgan fingerprint density at radius 3 is 2.64 bits per heavy atom. The molecule has 0 spiro atoms. The zero-order chi connectivity index (χ0) is 8.85. The topological polar surface area (TPSA) is 55.1 Å². The van der Waals surface area contributed by atoms with Crippen molar-refractivity contribution in [3.05, 3.63) is 23.9 Å². The second-order valence-electron chi connectivity index (χ2n) is 2.34. The minimum atomic E-state index is -0.300. The fourth-order valence-corrected chi connectivity index (χ4v) is 0.435. The van der Waals surface area contributed by atoms with Crippen LogP contribution in [0.2, 0.25) is 0 Å². The van der Waals surface area contributed by atoms with Gasteiger partial charge in [0, 0.05) is 6.54 Å². The van der Waals surface area contributed by atoms with Crippen molar-refractivity contribution in [2.45, 2.75) is 13.8 Å². The van der Waals surface area contributed by atoms with E-state index in [4.69, 9.17) is 5.73 Å². The number of carbonyl (C=O) groups is 1. The van der Waals surface area contributed by atoms with Gasteiger partial charge in [-0.2, -0.15) is 0 Å². The van der Waals surface area contributed by atoms with Crippen LogP contribution < -0.4 is 11.1 Å². The number of amides is 1. The first-order valence-corrected chi connectivity index (χ1v) is 3.42. The van der Waals surface area contributed by atoms with Crippen molar-refractivity contribution in [1.82, 2.24) is 5.32 Å².